The average Bonchev–Trinajstić information content (AvgIpc) is 2.54. The molecule has 0 fully saturated rings. The lowest BCUT2D eigenvalue weighted by molar-refractivity contribution is 0.0753. The van der Waals surface area contributed by atoms with Crippen LogP contribution in [-0.4, -0.2) is 28.9 Å². The minimum Gasteiger partial charge on any atom is -0.494 e. The number of aliphatic hydroxyl groups excluding tert-OH is 1. The van der Waals surface area contributed by atoms with Gasteiger partial charge in [-0.15, -0.1) is 6.58 Å². The van der Waals surface area contributed by atoms with Crippen molar-refractivity contribution >= 4 is 21.7 Å². The van der Waals surface area contributed by atoms with Crippen LogP contribution in [0.5, 0.6) is 5.75 Å². The second-order valence-corrected chi connectivity index (χ2v) is 6.03. The van der Waals surface area contributed by atoms with Gasteiger partial charge in [-0.3, -0.25) is 4.79 Å². The highest BCUT2D eigenvalue weighted by atomic mass is 79.9. The third-order valence-electron chi connectivity index (χ3n) is 3.38. The number of alkyl halides is 1. The van der Waals surface area contributed by atoms with Gasteiger partial charge in [-0.1, -0.05) is 41.3 Å². The topological polar surface area (TPSA) is 46.5 Å². The largest absolute Gasteiger partial charge is 0.494 e. The van der Waals surface area contributed by atoms with Crippen LogP contribution in [0.3, 0.4) is 0 Å². The number of unbranched alkanes of at least 4 members (excludes halogenated alkanes) is 4. The standard InChI is InChI=1S/C18H25BrO3/c1-2-8-17(20)18(21)15-9-11-16(12-10-15)22-14-7-5-3-4-6-13-19/h2,9-12,17,20H,1,3-8,13-14H2. The van der Waals surface area contributed by atoms with Crippen molar-refractivity contribution in [1.82, 2.24) is 0 Å². The van der Waals surface area contributed by atoms with Gasteiger partial charge >= 0.3 is 0 Å². The van der Waals surface area contributed by atoms with Gasteiger partial charge in [0.2, 0.25) is 0 Å². The van der Waals surface area contributed by atoms with E-state index in [9.17, 15) is 9.90 Å². The molecule has 0 radical (unpaired) electrons. The van der Waals surface area contributed by atoms with Gasteiger partial charge < -0.3 is 9.84 Å². The zero-order valence-electron chi connectivity index (χ0n) is 13.0. The van der Waals surface area contributed by atoms with Crippen molar-refractivity contribution in [2.45, 2.75) is 44.6 Å². The first-order chi connectivity index (χ1) is 10.7. The molecule has 1 aromatic rings. The fourth-order valence-electron chi connectivity index (χ4n) is 2.09. The highest BCUT2D eigenvalue weighted by Crippen LogP contribution is 2.15. The van der Waals surface area contributed by atoms with E-state index >= 15 is 0 Å². The van der Waals surface area contributed by atoms with Gasteiger partial charge in [0.15, 0.2) is 5.78 Å². The number of carbonyl (C=O) groups is 1. The number of ketones is 1. The van der Waals surface area contributed by atoms with E-state index < -0.39 is 6.10 Å². The molecule has 0 heterocycles. The molecule has 0 spiro atoms. The monoisotopic (exact) mass is 368 g/mol. The Labute approximate surface area is 141 Å². The predicted octanol–water partition coefficient (Wildman–Crippen LogP) is 4.53. The Hall–Kier alpha value is -1.13. The molecule has 0 saturated carbocycles. The van der Waals surface area contributed by atoms with Gasteiger partial charge in [-0.05, 0) is 43.5 Å². The van der Waals surface area contributed by atoms with Crippen LogP contribution in [0.2, 0.25) is 0 Å². The summed E-state index contributed by atoms with van der Waals surface area (Å²) < 4.78 is 5.66. The van der Waals surface area contributed by atoms with Crippen LogP contribution in [0.25, 0.3) is 0 Å². The molecule has 0 amide bonds. The smallest absolute Gasteiger partial charge is 0.191 e. The lowest BCUT2D eigenvalue weighted by Crippen LogP contribution is -2.19. The molecule has 0 saturated heterocycles. The van der Waals surface area contributed by atoms with Gasteiger partial charge in [0.1, 0.15) is 11.9 Å². The molecule has 1 N–H and O–H groups in total. The van der Waals surface area contributed by atoms with Gasteiger partial charge in [-0.25, -0.2) is 0 Å². The van der Waals surface area contributed by atoms with E-state index in [4.69, 9.17) is 4.74 Å². The van der Waals surface area contributed by atoms with Gasteiger partial charge in [0, 0.05) is 10.9 Å². The van der Waals surface area contributed by atoms with Crippen molar-refractivity contribution in [3.63, 3.8) is 0 Å². The summed E-state index contributed by atoms with van der Waals surface area (Å²) in [6.07, 6.45) is 6.75. The number of halogens is 1. The van der Waals surface area contributed by atoms with Crippen molar-refractivity contribution in [2.75, 3.05) is 11.9 Å². The molecule has 0 aliphatic heterocycles. The number of Topliss-reactive ketones (excluding diaryl/α,β-unsaturated/α-hetero) is 1. The van der Waals surface area contributed by atoms with Crippen LogP contribution in [-0.2, 0) is 0 Å². The fraction of sp³-hybridized carbons (Fsp3) is 0.500. The number of aliphatic hydroxyl groups is 1. The van der Waals surface area contributed by atoms with Crippen molar-refractivity contribution < 1.29 is 14.6 Å². The third-order valence-corrected chi connectivity index (χ3v) is 3.94. The molecule has 0 aliphatic carbocycles. The van der Waals surface area contributed by atoms with E-state index in [0.29, 0.717) is 12.2 Å². The number of rotatable bonds is 12. The summed E-state index contributed by atoms with van der Waals surface area (Å²) in [6, 6.07) is 6.94. The van der Waals surface area contributed by atoms with Gasteiger partial charge in [0.05, 0.1) is 6.61 Å². The average molecular weight is 369 g/mol. The van der Waals surface area contributed by atoms with Crippen molar-refractivity contribution in [3.05, 3.63) is 42.5 Å². The molecule has 1 rings (SSSR count). The SMILES string of the molecule is C=CCC(O)C(=O)c1ccc(OCCCCCCCBr)cc1. The van der Waals surface area contributed by atoms with Crippen molar-refractivity contribution in [1.29, 1.82) is 0 Å². The summed E-state index contributed by atoms with van der Waals surface area (Å²) in [5.41, 5.74) is 0.497. The molecule has 1 unspecified atom stereocenters. The van der Waals surface area contributed by atoms with Crippen LogP contribution >= 0.6 is 15.9 Å². The number of hydrogen-bond donors (Lipinski definition) is 1. The number of benzene rings is 1. The van der Waals surface area contributed by atoms with E-state index in [1.54, 1.807) is 24.3 Å². The molecule has 3 nitrogen and oxygen atoms in total. The van der Waals surface area contributed by atoms with Gasteiger partial charge in [-0.2, -0.15) is 0 Å². The molecule has 0 bridgehead atoms. The van der Waals surface area contributed by atoms with Crippen LogP contribution in [0.15, 0.2) is 36.9 Å². The van der Waals surface area contributed by atoms with E-state index in [1.807, 2.05) is 0 Å². The molecule has 4 heteroatoms. The second-order valence-electron chi connectivity index (χ2n) is 5.23. The minimum absolute atomic E-state index is 0.270. The minimum atomic E-state index is -1.01. The zero-order chi connectivity index (χ0) is 16.2. The lowest BCUT2D eigenvalue weighted by atomic mass is 10.0. The summed E-state index contributed by atoms with van der Waals surface area (Å²) in [6.45, 7) is 4.22. The van der Waals surface area contributed by atoms with Crippen molar-refractivity contribution in [3.8, 4) is 5.75 Å². The first-order valence-corrected chi connectivity index (χ1v) is 8.93. The molecule has 22 heavy (non-hydrogen) atoms. The molecule has 1 atom stereocenters. The summed E-state index contributed by atoms with van der Waals surface area (Å²) in [5.74, 6) is 0.480. The van der Waals surface area contributed by atoms with E-state index in [0.717, 1.165) is 17.5 Å². The van der Waals surface area contributed by atoms with E-state index in [2.05, 4.69) is 22.5 Å². The molecule has 122 valence electrons. The Balaban J connectivity index is 2.30. The van der Waals surface area contributed by atoms with Crippen molar-refractivity contribution in [2.24, 2.45) is 0 Å². The first-order valence-electron chi connectivity index (χ1n) is 7.81. The van der Waals surface area contributed by atoms with Crippen LogP contribution < -0.4 is 4.74 Å². The normalized spacial score (nSPS) is 11.9. The molecule has 1 aromatic carbocycles. The second kappa shape index (κ2) is 11.4. The first kappa shape index (κ1) is 18.9. The van der Waals surface area contributed by atoms with Crippen LogP contribution in [0.4, 0.5) is 0 Å². The summed E-state index contributed by atoms with van der Waals surface area (Å²) >= 11 is 3.43. The lowest BCUT2D eigenvalue weighted by Gasteiger charge is -2.09. The summed E-state index contributed by atoms with van der Waals surface area (Å²) in [4.78, 5) is 11.9. The van der Waals surface area contributed by atoms with Crippen LogP contribution in [0, 0.1) is 0 Å². The maximum atomic E-state index is 11.9. The predicted molar refractivity (Wildman–Crippen MR) is 94.0 cm³/mol. The van der Waals surface area contributed by atoms with E-state index in [-0.39, 0.29) is 12.2 Å². The maximum Gasteiger partial charge on any atom is 0.191 e. The Bertz CT molecular complexity index is 442. The fourth-order valence-corrected chi connectivity index (χ4v) is 2.49. The Morgan fingerprint density at radius 2 is 1.82 bits per heavy atom. The number of ether oxygens (including phenoxy) is 1. The summed E-state index contributed by atoms with van der Waals surface area (Å²) in [5, 5.41) is 10.7. The quantitative estimate of drug-likeness (QED) is 0.255. The maximum absolute atomic E-state index is 11.9. The Morgan fingerprint density at radius 1 is 1.18 bits per heavy atom. The Morgan fingerprint density at radius 3 is 2.45 bits per heavy atom. The number of carbonyl (C=O) groups excluding carboxylic acids is 1. The zero-order valence-corrected chi connectivity index (χ0v) is 14.6. The third kappa shape index (κ3) is 7.23. The molecule has 0 aliphatic rings. The summed E-state index contributed by atoms with van der Waals surface area (Å²) in [7, 11) is 0. The molecule has 0 aromatic heterocycles. The molecular formula is C18H25BrO3. The van der Waals surface area contributed by atoms with Gasteiger partial charge in [0.25, 0.3) is 0 Å². The Kier molecular flexibility index (Phi) is 9.84. The number of hydrogen-bond acceptors (Lipinski definition) is 3. The highest BCUT2D eigenvalue weighted by Gasteiger charge is 2.15. The van der Waals surface area contributed by atoms with Crippen LogP contribution in [0.1, 0.15) is 48.9 Å². The molecular weight excluding hydrogens is 344 g/mol. The highest BCUT2D eigenvalue weighted by molar-refractivity contribution is 9.09. The van der Waals surface area contributed by atoms with E-state index in [1.165, 1.54) is 31.8 Å².